The van der Waals surface area contributed by atoms with Crippen LogP contribution >= 0.6 is 0 Å². The van der Waals surface area contributed by atoms with Crippen molar-refractivity contribution in [1.29, 1.82) is 0 Å². The highest BCUT2D eigenvalue weighted by atomic mass is 16.5. The molecule has 1 amide bonds. The lowest BCUT2D eigenvalue weighted by atomic mass is 9.86. The number of carbonyl (C=O) groups excluding carboxylic acids is 2. The lowest BCUT2D eigenvalue weighted by Gasteiger charge is -2.28. The van der Waals surface area contributed by atoms with Gasteiger partial charge >= 0.3 is 5.97 Å². The highest BCUT2D eigenvalue weighted by Gasteiger charge is 2.29. The topological polar surface area (TPSA) is 76.7 Å². The van der Waals surface area contributed by atoms with E-state index < -0.39 is 0 Å². The van der Waals surface area contributed by atoms with Gasteiger partial charge in [0.2, 0.25) is 0 Å². The molecule has 1 saturated heterocycles. The van der Waals surface area contributed by atoms with E-state index in [4.69, 9.17) is 9.47 Å². The molecule has 0 radical (unpaired) electrons. The van der Waals surface area contributed by atoms with Crippen molar-refractivity contribution in [3.63, 3.8) is 0 Å². The third-order valence-corrected chi connectivity index (χ3v) is 7.75. The smallest absolute Gasteiger partial charge is 0.314 e. The van der Waals surface area contributed by atoms with Crippen LogP contribution in [0.1, 0.15) is 66.4 Å². The van der Waals surface area contributed by atoms with Crippen LogP contribution in [0.3, 0.4) is 0 Å². The van der Waals surface area contributed by atoms with Gasteiger partial charge in [0.05, 0.1) is 12.5 Å². The summed E-state index contributed by atoms with van der Waals surface area (Å²) in [4.78, 5) is 25.4. The van der Waals surface area contributed by atoms with E-state index in [2.05, 4.69) is 16.7 Å². The van der Waals surface area contributed by atoms with Crippen molar-refractivity contribution in [2.24, 2.45) is 11.8 Å². The number of amides is 1. The zero-order valence-electron chi connectivity index (χ0n) is 20.4. The van der Waals surface area contributed by atoms with E-state index in [9.17, 15) is 9.59 Å². The summed E-state index contributed by atoms with van der Waals surface area (Å²) in [5, 5.41) is 6.51. The fourth-order valence-electron chi connectivity index (χ4n) is 5.52. The molecule has 2 fully saturated rings. The van der Waals surface area contributed by atoms with Gasteiger partial charge in [0, 0.05) is 11.6 Å². The van der Waals surface area contributed by atoms with Crippen LogP contribution in [-0.2, 0) is 17.6 Å². The van der Waals surface area contributed by atoms with Crippen molar-refractivity contribution in [2.75, 3.05) is 19.7 Å². The maximum absolute atomic E-state index is 12.7. The minimum Gasteiger partial charge on any atom is -0.493 e. The Morgan fingerprint density at radius 2 is 1.57 bits per heavy atom. The van der Waals surface area contributed by atoms with Crippen LogP contribution in [0.5, 0.6) is 11.5 Å². The zero-order valence-corrected chi connectivity index (χ0v) is 20.4. The fraction of sp³-hybridized carbons (Fsp3) is 0.517. The molecule has 1 heterocycles. The number of rotatable bonds is 7. The molecule has 1 saturated carbocycles. The van der Waals surface area contributed by atoms with Gasteiger partial charge in [-0.05, 0) is 124 Å². The number of nitrogens with one attached hydrogen (secondary N) is 2. The van der Waals surface area contributed by atoms with Crippen LogP contribution in [-0.4, -0.2) is 37.6 Å². The van der Waals surface area contributed by atoms with Crippen LogP contribution in [0.25, 0.3) is 0 Å². The van der Waals surface area contributed by atoms with Gasteiger partial charge in [0.15, 0.2) is 0 Å². The highest BCUT2D eigenvalue weighted by Crippen LogP contribution is 2.29. The number of hydrogen-bond donors (Lipinski definition) is 2. The van der Waals surface area contributed by atoms with Gasteiger partial charge in [0.25, 0.3) is 5.91 Å². The Kier molecular flexibility index (Phi) is 7.67. The summed E-state index contributed by atoms with van der Waals surface area (Å²) in [6, 6.07) is 13.5. The Labute approximate surface area is 207 Å². The summed E-state index contributed by atoms with van der Waals surface area (Å²) in [5.41, 5.74) is 3.32. The summed E-state index contributed by atoms with van der Waals surface area (Å²) in [6.45, 7) is 2.85. The van der Waals surface area contributed by atoms with E-state index in [1.165, 1.54) is 17.5 Å². The summed E-state index contributed by atoms with van der Waals surface area (Å²) in [6.07, 6.45) is 8.70. The second kappa shape index (κ2) is 11.3. The van der Waals surface area contributed by atoms with E-state index in [1.54, 1.807) is 0 Å². The molecule has 0 unspecified atom stereocenters. The van der Waals surface area contributed by atoms with Crippen LogP contribution in [0, 0.1) is 11.8 Å². The molecule has 186 valence electrons. The number of benzene rings is 2. The van der Waals surface area contributed by atoms with E-state index in [-0.39, 0.29) is 23.8 Å². The molecule has 35 heavy (non-hydrogen) atoms. The monoisotopic (exact) mass is 476 g/mol. The number of carbonyl (C=O) groups is 2. The maximum atomic E-state index is 12.7. The van der Waals surface area contributed by atoms with E-state index in [0.29, 0.717) is 17.2 Å². The number of hydrogen-bond acceptors (Lipinski definition) is 5. The quantitative estimate of drug-likeness (QED) is 0.456. The van der Waals surface area contributed by atoms with Crippen molar-refractivity contribution in [2.45, 2.75) is 63.8 Å². The first-order valence-corrected chi connectivity index (χ1v) is 13.2. The first kappa shape index (κ1) is 23.9. The number of esters is 1. The van der Waals surface area contributed by atoms with Crippen LogP contribution < -0.4 is 20.1 Å². The molecule has 2 aromatic rings. The molecule has 2 N–H and O–H groups in total. The first-order valence-electron chi connectivity index (χ1n) is 13.2. The minimum absolute atomic E-state index is 0.0703. The Balaban J connectivity index is 1.05. The summed E-state index contributed by atoms with van der Waals surface area (Å²) >= 11 is 0. The molecule has 6 nitrogen and oxygen atoms in total. The highest BCUT2D eigenvalue weighted by molar-refractivity contribution is 5.94. The molecule has 5 rings (SSSR count). The molecule has 3 aliphatic rings. The number of ether oxygens (including phenoxy) is 2. The second-order valence-electron chi connectivity index (χ2n) is 10.3. The van der Waals surface area contributed by atoms with Crippen LogP contribution in [0.4, 0.5) is 0 Å². The van der Waals surface area contributed by atoms with Gasteiger partial charge in [-0.2, -0.15) is 0 Å². The fourth-order valence-corrected chi connectivity index (χ4v) is 5.52. The summed E-state index contributed by atoms with van der Waals surface area (Å²) in [5.74, 6) is 1.75. The van der Waals surface area contributed by atoms with Crippen LogP contribution in [0.15, 0.2) is 42.5 Å². The lowest BCUT2D eigenvalue weighted by Crippen LogP contribution is -2.39. The Hall–Kier alpha value is -2.86. The molecule has 2 aliphatic carbocycles. The Morgan fingerprint density at radius 3 is 2.34 bits per heavy atom. The van der Waals surface area contributed by atoms with Gasteiger partial charge in [0.1, 0.15) is 11.5 Å². The second-order valence-corrected chi connectivity index (χ2v) is 10.3. The van der Waals surface area contributed by atoms with E-state index in [1.807, 2.05) is 36.4 Å². The molecule has 2 aromatic carbocycles. The molecule has 0 aromatic heterocycles. The molecular formula is C29H36N2O4. The predicted molar refractivity (Wildman–Crippen MR) is 135 cm³/mol. The first-order chi connectivity index (χ1) is 17.1. The van der Waals surface area contributed by atoms with Crippen molar-refractivity contribution in [3.05, 3.63) is 59.2 Å². The molecule has 6 heteroatoms. The average molecular weight is 477 g/mol. The van der Waals surface area contributed by atoms with Gasteiger partial charge in [-0.15, -0.1) is 0 Å². The molecular weight excluding hydrogens is 440 g/mol. The van der Waals surface area contributed by atoms with Crippen molar-refractivity contribution < 1.29 is 19.1 Å². The average Bonchev–Trinajstić information content (AvgIpc) is 3.37. The maximum Gasteiger partial charge on any atom is 0.314 e. The van der Waals surface area contributed by atoms with Crippen LogP contribution in [0.2, 0.25) is 0 Å². The predicted octanol–water partition coefficient (Wildman–Crippen LogP) is 4.45. The third-order valence-electron chi connectivity index (χ3n) is 7.75. The van der Waals surface area contributed by atoms with Crippen molar-refractivity contribution in [1.82, 2.24) is 10.6 Å². The summed E-state index contributed by atoms with van der Waals surface area (Å²) in [7, 11) is 0. The Morgan fingerprint density at radius 1 is 0.857 bits per heavy atom. The van der Waals surface area contributed by atoms with E-state index >= 15 is 0 Å². The van der Waals surface area contributed by atoms with Crippen molar-refractivity contribution >= 4 is 11.9 Å². The standard InChI is InChI=1S/C29H36N2O4/c32-28(22-7-11-26(12-8-22)34-19-20-14-16-30-17-15-20)31-25-9-4-23(5-10-25)29(33)35-27-13-6-21-2-1-3-24(21)18-27/h6-8,11-13,18,20,23,25,30H,1-5,9-10,14-17,19H2,(H,31,32). The number of piperidine rings is 1. The lowest BCUT2D eigenvalue weighted by molar-refractivity contribution is -0.140. The molecule has 0 bridgehead atoms. The number of aryl methyl sites for hydroxylation is 2. The molecule has 0 atom stereocenters. The third kappa shape index (κ3) is 6.23. The van der Waals surface area contributed by atoms with Gasteiger partial charge in [-0.1, -0.05) is 6.07 Å². The molecule has 0 spiro atoms. The SMILES string of the molecule is O=C(NC1CCC(C(=O)Oc2ccc3c(c2)CCC3)CC1)c1ccc(OCC2CCNCC2)cc1. The Bertz CT molecular complexity index is 1020. The normalized spacial score (nSPS) is 22.3. The van der Waals surface area contributed by atoms with Gasteiger partial charge in [-0.3, -0.25) is 9.59 Å². The van der Waals surface area contributed by atoms with Crippen molar-refractivity contribution in [3.8, 4) is 11.5 Å². The summed E-state index contributed by atoms with van der Waals surface area (Å²) < 4.78 is 11.6. The molecule has 1 aliphatic heterocycles. The van der Waals surface area contributed by atoms with Gasteiger partial charge in [-0.25, -0.2) is 0 Å². The zero-order chi connectivity index (χ0) is 24.0. The van der Waals surface area contributed by atoms with E-state index in [0.717, 1.165) is 76.8 Å². The number of fused-ring (bicyclic) bond motifs is 1. The minimum atomic E-state index is -0.146. The van der Waals surface area contributed by atoms with Gasteiger partial charge < -0.3 is 20.1 Å². The largest absolute Gasteiger partial charge is 0.493 e.